The van der Waals surface area contributed by atoms with E-state index in [1.54, 1.807) is 24.3 Å². The summed E-state index contributed by atoms with van der Waals surface area (Å²) in [6, 6.07) is 10.9. The van der Waals surface area contributed by atoms with E-state index in [1.807, 2.05) is 6.92 Å². The van der Waals surface area contributed by atoms with Crippen molar-refractivity contribution in [3.05, 3.63) is 58.1 Å². The summed E-state index contributed by atoms with van der Waals surface area (Å²) >= 11 is 0. The molecule has 0 heterocycles. The van der Waals surface area contributed by atoms with Gasteiger partial charge in [0.05, 0.1) is 23.4 Å². The minimum atomic E-state index is -0.476. The van der Waals surface area contributed by atoms with Gasteiger partial charge in [0, 0.05) is 23.8 Å². The predicted molar refractivity (Wildman–Crippen MR) is 88.2 cm³/mol. The van der Waals surface area contributed by atoms with Crippen molar-refractivity contribution in [2.45, 2.75) is 13.3 Å². The Morgan fingerprint density at radius 3 is 2.87 bits per heavy atom. The second-order valence-electron chi connectivity index (χ2n) is 4.75. The fourth-order valence-corrected chi connectivity index (χ4v) is 1.81. The SMILES string of the molecule is CCCOc1ccc(/C=N/Nc2cccc([N+](=O)[O-])c2)c(O)c1. The zero-order valence-corrected chi connectivity index (χ0v) is 12.6. The number of hydrazone groups is 1. The quantitative estimate of drug-likeness (QED) is 0.463. The number of benzene rings is 2. The first-order chi connectivity index (χ1) is 11.1. The fourth-order valence-electron chi connectivity index (χ4n) is 1.81. The summed E-state index contributed by atoms with van der Waals surface area (Å²) in [6.07, 6.45) is 2.31. The number of aromatic hydroxyl groups is 1. The number of hydrogen-bond donors (Lipinski definition) is 2. The normalized spacial score (nSPS) is 10.7. The maximum atomic E-state index is 10.7. The fraction of sp³-hybridized carbons (Fsp3) is 0.188. The first-order valence-electron chi connectivity index (χ1n) is 7.09. The van der Waals surface area contributed by atoms with Crippen LogP contribution in [0.4, 0.5) is 11.4 Å². The van der Waals surface area contributed by atoms with Gasteiger partial charge in [0.15, 0.2) is 0 Å². The van der Waals surface area contributed by atoms with Crippen LogP contribution in [0.15, 0.2) is 47.6 Å². The number of ether oxygens (including phenoxy) is 1. The van der Waals surface area contributed by atoms with Gasteiger partial charge in [-0.05, 0) is 24.6 Å². The molecule has 0 spiro atoms. The number of non-ortho nitro benzene ring substituents is 1. The highest BCUT2D eigenvalue weighted by atomic mass is 16.6. The molecule has 2 aromatic rings. The van der Waals surface area contributed by atoms with Crippen LogP contribution in [-0.4, -0.2) is 22.9 Å². The zero-order valence-electron chi connectivity index (χ0n) is 12.6. The molecule has 0 unspecified atom stereocenters. The smallest absolute Gasteiger partial charge is 0.271 e. The highest BCUT2D eigenvalue weighted by Gasteiger charge is 2.05. The molecule has 0 aliphatic heterocycles. The second-order valence-corrected chi connectivity index (χ2v) is 4.75. The number of nitrogens with zero attached hydrogens (tertiary/aromatic N) is 2. The average Bonchev–Trinajstić information content (AvgIpc) is 2.55. The Kier molecular flexibility index (Phi) is 5.51. The largest absolute Gasteiger partial charge is 0.507 e. The number of nitro groups is 1. The van der Waals surface area contributed by atoms with Crippen LogP contribution < -0.4 is 10.2 Å². The summed E-state index contributed by atoms with van der Waals surface area (Å²) in [5.41, 5.74) is 3.65. The van der Waals surface area contributed by atoms with E-state index in [0.29, 0.717) is 23.6 Å². The van der Waals surface area contributed by atoms with Gasteiger partial charge in [0.1, 0.15) is 11.5 Å². The molecule has 0 saturated heterocycles. The van der Waals surface area contributed by atoms with E-state index in [-0.39, 0.29) is 11.4 Å². The van der Waals surface area contributed by atoms with E-state index in [0.717, 1.165) is 6.42 Å². The van der Waals surface area contributed by atoms with Gasteiger partial charge in [0.25, 0.3) is 5.69 Å². The lowest BCUT2D eigenvalue weighted by Gasteiger charge is -2.06. The summed E-state index contributed by atoms with van der Waals surface area (Å²) in [6.45, 7) is 2.59. The van der Waals surface area contributed by atoms with Crippen molar-refractivity contribution in [3.8, 4) is 11.5 Å². The van der Waals surface area contributed by atoms with Crippen molar-refractivity contribution in [2.24, 2.45) is 5.10 Å². The average molecular weight is 315 g/mol. The van der Waals surface area contributed by atoms with E-state index in [2.05, 4.69) is 10.5 Å². The Labute approximate surface area is 133 Å². The number of anilines is 1. The molecule has 2 rings (SSSR count). The maximum absolute atomic E-state index is 10.7. The van der Waals surface area contributed by atoms with Gasteiger partial charge in [-0.2, -0.15) is 5.10 Å². The molecule has 0 bridgehead atoms. The van der Waals surface area contributed by atoms with E-state index >= 15 is 0 Å². The Hall–Kier alpha value is -3.09. The molecule has 0 saturated carbocycles. The third-order valence-corrected chi connectivity index (χ3v) is 2.93. The molecule has 0 radical (unpaired) electrons. The van der Waals surface area contributed by atoms with Crippen molar-refractivity contribution in [2.75, 3.05) is 12.0 Å². The maximum Gasteiger partial charge on any atom is 0.271 e. The lowest BCUT2D eigenvalue weighted by atomic mass is 10.2. The molecular weight excluding hydrogens is 298 g/mol. The van der Waals surface area contributed by atoms with Crippen LogP contribution in [0, 0.1) is 10.1 Å². The Morgan fingerprint density at radius 1 is 1.35 bits per heavy atom. The number of phenolic OH excluding ortho intramolecular Hbond substituents is 1. The van der Waals surface area contributed by atoms with Crippen LogP contribution in [0.25, 0.3) is 0 Å². The van der Waals surface area contributed by atoms with Crippen LogP contribution >= 0.6 is 0 Å². The van der Waals surface area contributed by atoms with Gasteiger partial charge in [-0.3, -0.25) is 15.5 Å². The van der Waals surface area contributed by atoms with Gasteiger partial charge < -0.3 is 9.84 Å². The van der Waals surface area contributed by atoms with Crippen molar-refractivity contribution in [1.29, 1.82) is 0 Å². The lowest BCUT2D eigenvalue weighted by molar-refractivity contribution is -0.384. The Bertz CT molecular complexity index is 716. The van der Waals surface area contributed by atoms with E-state index in [4.69, 9.17) is 4.74 Å². The molecule has 0 aliphatic rings. The molecule has 23 heavy (non-hydrogen) atoms. The highest BCUT2D eigenvalue weighted by molar-refractivity contribution is 5.84. The van der Waals surface area contributed by atoms with Gasteiger partial charge >= 0.3 is 0 Å². The number of nitrogens with one attached hydrogen (secondary N) is 1. The van der Waals surface area contributed by atoms with Gasteiger partial charge in [0.2, 0.25) is 0 Å². The van der Waals surface area contributed by atoms with Gasteiger partial charge in [-0.15, -0.1) is 0 Å². The van der Waals surface area contributed by atoms with Crippen molar-refractivity contribution in [3.63, 3.8) is 0 Å². The lowest BCUT2D eigenvalue weighted by Crippen LogP contribution is -1.96. The van der Waals surface area contributed by atoms with Crippen molar-refractivity contribution >= 4 is 17.6 Å². The third kappa shape index (κ3) is 4.70. The number of rotatable bonds is 7. The van der Waals surface area contributed by atoms with Gasteiger partial charge in [-0.1, -0.05) is 13.0 Å². The first-order valence-corrected chi connectivity index (χ1v) is 7.09. The third-order valence-electron chi connectivity index (χ3n) is 2.93. The van der Waals surface area contributed by atoms with Crippen LogP contribution in [0.3, 0.4) is 0 Å². The van der Waals surface area contributed by atoms with Crippen LogP contribution in [0.5, 0.6) is 11.5 Å². The molecule has 0 aliphatic carbocycles. The molecule has 7 heteroatoms. The summed E-state index contributed by atoms with van der Waals surface area (Å²) in [5, 5.41) is 24.6. The van der Waals surface area contributed by atoms with Crippen molar-refractivity contribution < 1.29 is 14.8 Å². The molecule has 0 fully saturated rings. The number of phenols is 1. The topological polar surface area (TPSA) is 97.0 Å². The molecule has 0 amide bonds. The number of hydrogen-bond acceptors (Lipinski definition) is 6. The van der Waals surface area contributed by atoms with E-state index in [1.165, 1.54) is 24.4 Å². The van der Waals surface area contributed by atoms with Crippen molar-refractivity contribution in [1.82, 2.24) is 0 Å². The molecular formula is C16H17N3O4. The first kappa shape index (κ1) is 16.3. The second kappa shape index (κ2) is 7.79. The predicted octanol–water partition coefficient (Wildman–Crippen LogP) is 3.54. The minimum Gasteiger partial charge on any atom is -0.507 e. The zero-order chi connectivity index (χ0) is 16.7. The van der Waals surface area contributed by atoms with E-state index < -0.39 is 4.92 Å². The molecule has 7 nitrogen and oxygen atoms in total. The van der Waals surface area contributed by atoms with Crippen LogP contribution in [0.2, 0.25) is 0 Å². The Balaban J connectivity index is 2.03. The van der Waals surface area contributed by atoms with E-state index in [9.17, 15) is 15.2 Å². The molecule has 0 atom stereocenters. The molecule has 2 N–H and O–H groups in total. The standard InChI is InChI=1S/C16H17N3O4/c1-2-8-23-15-7-6-12(16(20)10-15)11-17-18-13-4-3-5-14(9-13)19(21)22/h3-7,9-11,18,20H,2,8H2,1H3/b17-11+. The molecule has 120 valence electrons. The van der Waals surface area contributed by atoms with Crippen LogP contribution in [-0.2, 0) is 0 Å². The summed E-state index contributed by atoms with van der Waals surface area (Å²) in [7, 11) is 0. The van der Waals surface area contributed by atoms with Gasteiger partial charge in [-0.25, -0.2) is 0 Å². The minimum absolute atomic E-state index is 0.0227. The molecule has 0 aromatic heterocycles. The monoisotopic (exact) mass is 315 g/mol. The summed E-state index contributed by atoms with van der Waals surface area (Å²) < 4.78 is 5.42. The summed E-state index contributed by atoms with van der Waals surface area (Å²) in [5.74, 6) is 0.635. The highest BCUT2D eigenvalue weighted by Crippen LogP contribution is 2.22. The Morgan fingerprint density at radius 2 is 2.17 bits per heavy atom. The summed E-state index contributed by atoms with van der Waals surface area (Å²) in [4.78, 5) is 10.2. The number of nitro benzene ring substituents is 1. The molecule has 2 aromatic carbocycles. The van der Waals surface area contributed by atoms with Crippen LogP contribution in [0.1, 0.15) is 18.9 Å².